The Labute approximate surface area is 205 Å². The first-order chi connectivity index (χ1) is 16.9. The number of aromatic nitrogens is 1. The predicted octanol–water partition coefficient (Wildman–Crippen LogP) is 4.85. The Morgan fingerprint density at radius 2 is 2.03 bits per heavy atom. The van der Waals surface area contributed by atoms with E-state index in [0.29, 0.717) is 25.1 Å². The Morgan fingerprint density at radius 1 is 1.23 bits per heavy atom. The number of aliphatic carboxylic acids is 1. The highest BCUT2D eigenvalue weighted by Crippen LogP contribution is 2.33. The zero-order valence-corrected chi connectivity index (χ0v) is 20.1. The third-order valence-electron chi connectivity index (χ3n) is 7.16. The first-order valence-electron chi connectivity index (χ1n) is 12.2. The van der Waals surface area contributed by atoms with Gasteiger partial charge in [-0.3, -0.25) is 9.78 Å². The van der Waals surface area contributed by atoms with Crippen LogP contribution in [-0.4, -0.2) is 52.8 Å². The number of carbonyl (C=O) groups is 1. The van der Waals surface area contributed by atoms with E-state index >= 15 is 0 Å². The number of rotatable bonds is 10. The largest absolute Gasteiger partial charge is 0.497 e. The van der Waals surface area contributed by atoms with Crippen LogP contribution in [0.25, 0.3) is 10.9 Å². The number of piperidine rings is 1. The van der Waals surface area contributed by atoms with Crippen LogP contribution < -0.4 is 4.74 Å². The standard InChI is InChI=1S/C28H33FN2O4/c1-35-22-9-10-26-24(17-22)23(12-14-30-26)27(32)11-6-20-13-16-31(18-25(20)28(33)34)15-2-3-19-4-7-21(29)8-5-19/h4-5,7-10,12,14,17,20,25,27,32H,2-3,6,11,13,15-16,18H2,1H3,(H,33,34)/t20-,25+,27-/m1/s1. The Morgan fingerprint density at radius 3 is 2.77 bits per heavy atom. The lowest BCUT2D eigenvalue weighted by Gasteiger charge is -2.37. The number of methoxy groups -OCH3 is 1. The van der Waals surface area contributed by atoms with Crippen molar-refractivity contribution in [3.05, 3.63) is 71.7 Å². The first kappa shape index (κ1) is 25.1. The highest BCUT2D eigenvalue weighted by Gasteiger charge is 2.34. The molecule has 0 radical (unpaired) electrons. The van der Waals surface area contributed by atoms with Crippen molar-refractivity contribution < 1.29 is 24.1 Å². The van der Waals surface area contributed by atoms with Gasteiger partial charge in [-0.1, -0.05) is 12.1 Å². The molecule has 186 valence electrons. The number of aliphatic hydroxyl groups is 1. The number of aryl methyl sites for hydroxylation is 1. The van der Waals surface area contributed by atoms with E-state index in [0.717, 1.165) is 54.4 Å². The van der Waals surface area contributed by atoms with Gasteiger partial charge in [0.2, 0.25) is 0 Å². The Balaban J connectivity index is 1.32. The van der Waals surface area contributed by atoms with Crippen LogP contribution in [0.3, 0.4) is 0 Å². The molecule has 1 aromatic heterocycles. The topological polar surface area (TPSA) is 82.9 Å². The minimum Gasteiger partial charge on any atom is -0.497 e. The lowest BCUT2D eigenvalue weighted by atomic mass is 9.81. The number of nitrogens with zero attached hydrogens (tertiary/aromatic N) is 2. The van der Waals surface area contributed by atoms with E-state index in [9.17, 15) is 19.4 Å². The second-order valence-electron chi connectivity index (χ2n) is 9.40. The van der Waals surface area contributed by atoms with Crippen LogP contribution in [0, 0.1) is 17.7 Å². The van der Waals surface area contributed by atoms with Gasteiger partial charge in [-0.25, -0.2) is 4.39 Å². The van der Waals surface area contributed by atoms with Crippen molar-refractivity contribution in [2.45, 2.75) is 38.2 Å². The zero-order valence-electron chi connectivity index (χ0n) is 20.1. The lowest BCUT2D eigenvalue weighted by Crippen LogP contribution is -2.44. The van der Waals surface area contributed by atoms with Crippen molar-refractivity contribution in [2.75, 3.05) is 26.7 Å². The van der Waals surface area contributed by atoms with Gasteiger partial charge >= 0.3 is 5.97 Å². The van der Waals surface area contributed by atoms with E-state index in [1.807, 2.05) is 24.3 Å². The van der Waals surface area contributed by atoms with Crippen LogP contribution in [0.15, 0.2) is 54.7 Å². The summed E-state index contributed by atoms with van der Waals surface area (Å²) in [5, 5.41) is 21.7. The highest BCUT2D eigenvalue weighted by molar-refractivity contribution is 5.83. The second kappa shape index (κ2) is 11.6. The highest BCUT2D eigenvalue weighted by atomic mass is 19.1. The van der Waals surface area contributed by atoms with E-state index in [4.69, 9.17) is 4.74 Å². The maximum atomic E-state index is 13.1. The molecule has 1 aliphatic rings. The normalized spacial score (nSPS) is 19.5. The summed E-state index contributed by atoms with van der Waals surface area (Å²) in [7, 11) is 1.61. The van der Waals surface area contributed by atoms with Crippen molar-refractivity contribution in [3.63, 3.8) is 0 Å². The fourth-order valence-electron chi connectivity index (χ4n) is 5.15. The number of likely N-dealkylation sites (tertiary alicyclic amines) is 1. The molecule has 0 spiro atoms. The monoisotopic (exact) mass is 480 g/mol. The molecule has 35 heavy (non-hydrogen) atoms. The summed E-state index contributed by atoms with van der Waals surface area (Å²) in [6.45, 7) is 2.19. The van der Waals surface area contributed by atoms with Crippen LogP contribution in [0.4, 0.5) is 4.39 Å². The van der Waals surface area contributed by atoms with Gasteiger partial charge in [-0.05, 0) is 98.6 Å². The molecule has 7 heteroatoms. The van der Waals surface area contributed by atoms with Crippen LogP contribution in [0.5, 0.6) is 5.75 Å². The van der Waals surface area contributed by atoms with Crippen molar-refractivity contribution in [3.8, 4) is 5.75 Å². The predicted molar refractivity (Wildman–Crippen MR) is 133 cm³/mol. The number of hydrogen-bond donors (Lipinski definition) is 2. The SMILES string of the molecule is COc1ccc2nccc([C@H](O)CC[C@@H]3CCN(CCCc4ccc(F)cc4)C[C@@H]3C(=O)O)c2c1. The van der Waals surface area contributed by atoms with Gasteiger partial charge in [0, 0.05) is 18.1 Å². The molecule has 0 amide bonds. The van der Waals surface area contributed by atoms with Gasteiger partial charge in [0.25, 0.3) is 0 Å². The van der Waals surface area contributed by atoms with Crippen molar-refractivity contribution in [1.29, 1.82) is 0 Å². The van der Waals surface area contributed by atoms with Crippen LogP contribution in [-0.2, 0) is 11.2 Å². The van der Waals surface area contributed by atoms with Gasteiger partial charge in [0.05, 0.1) is 24.6 Å². The summed E-state index contributed by atoms with van der Waals surface area (Å²) in [6, 6.07) is 14.0. The fourth-order valence-corrected chi connectivity index (χ4v) is 5.15. The van der Waals surface area contributed by atoms with E-state index in [2.05, 4.69) is 9.88 Å². The number of carboxylic acid groups (broad SMARTS) is 1. The van der Waals surface area contributed by atoms with Crippen molar-refractivity contribution in [1.82, 2.24) is 9.88 Å². The quantitative estimate of drug-likeness (QED) is 0.432. The molecule has 3 aromatic rings. The lowest BCUT2D eigenvalue weighted by molar-refractivity contribution is -0.146. The zero-order chi connectivity index (χ0) is 24.8. The maximum absolute atomic E-state index is 13.1. The van der Waals surface area contributed by atoms with Gasteiger partial charge in [0.1, 0.15) is 11.6 Å². The summed E-state index contributed by atoms with van der Waals surface area (Å²) >= 11 is 0. The second-order valence-corrected chi connectivity index (χ2v) is 9.40. The number of pyridine rings is 1. The van der Waals surface area contributed by atoms with E-state index in [1.165, 1.54) is 12.1 Å². The number of carboxylic acids is 1. The number of hydrogen-bond acceptors (Lipinski definition) is 5. The molecule has 0 bridgehead atoms. The molecular formula is C28H33FN2O4. The molecule has 1 fully saturated rings. The number of aliphatic hydroxyl groups excluding tert-OH is 1. The molecule has 0 saturated carbocycles. The van der Waals surface area contributed by atoms with Crippen molar-refractivity contribution >= 4 is 16.9 Å². The van der Waals surface area contributed by atoms with E-state index in [1.54, 1.807) is 25.4 Å². The first-order valence-corrected chi connectivity index (χ1v) is 12.2. The minimum atomic E-state index is -0.771. The van der Waals surface area contributed by atoms with Gasteiger partial charge in [0.15, 0.2) is 0 Å². The summed E-state index contributed by atoms with van der Waals surface area (Å²) in [5.74, 6) is -0.722. The average Bonchev–Trinajstić information content (AvgIpc) is 2.88. The Hall–Kier alpha value is -3.03. The average molecular weight is 481 g/mol. The number of halogens is 1. The van der Waals surface area contributed by atoms with Gasteiger partial charge < -0.3 is 19.8 Å². The molecular weight excluding hydrogens is 447 g/mol. The summed E-state index contributed by atoms with van der Waals surface area (Å²) in [6.07, 6.45) is 4.68. The molecule has 0 unspecified atom stereocenters. The summed E-state index contributed by atoms with van der Waals surface area (Å²) in [5.41, 5.74) is 2.67. The molecule has 1 saturated heterocycles. The Kier molecular flexibility index (Phi) is 8.31. The molecule has 3 atom stereocenters. The maximum Gasteiger partial charge on any atom is 0.308 e. The smallest absolute Gasteiger partial charge is 0.308 e. The van der Waals surface area contributed by atoms with E-state index in [-0.39, 0.29) is 11.7 Å². The summed E-state index contributed by atoms with van der Waals surface area (Å²) in [4.78, 5) is 18.6. The number of fused-ring (bicyclic) bond motifs is 1. The molecule has 2 N–H and O–H groups in total. The van der Waals surface area contributed by atoms with Gasteiger partial charge in [-0.15, -0.1) is 0 Å². The van der Waals surface area contributed by atoms with Crippen molar-refractivity contribution in [2.24, 2.45) is 11.8 Å². The molecule has 1 aliphatic heterocycles. The summed E-state index contributed by atoms with van der Waals surface area (Å²) < 4.78 is 18.4. The molecule has 2 heterocycles. The Bertz CT molecular complexity index is 1140. The minimum absolute atomic E-state index is 0.0261. The number of ether oxygens (including phenoxy) is 1. The van der Waals surface area contributed by atoms with Crippen LogP contribution in [0.1, 0.15) is 42.9 Å². The van der Waals surface area contributed by atoms with Gasteiger partial charge in [-0.2, -0.15) is 0 Å². The third kappa shape index (κ3) is 6.35. The van der Waals surface area contributed by atoms with Crippen LogP contribution >= 0.6 is 0 Å². The number of benzene rings is 2. The fraction of sp³-hybridized carbons (Fsp3) is 0.429. The molecule has 2 aromatic carbocycles. The molecule has 0 aliphatic carbocycles. The third-order valence-corrected chi connectivity index (χ3v) is 7.16. The van der Waals surface area contributed by atoms with E-state index < -0.39 is 18.0 Å². The molecule has 4 rings (SSSR count). The van der Waals surface area contributed by atoms with Crippen LogP contribution in [0.2, 0.25) is 0 Å². The molecule has 6 nitrogen and oxygen atoms in total.